The van der Waals surface area contributed by atoms with Crippen molar-refractivity contribution in [3.8, 4) is 0 Å². The number of methoxy groups -OCH3 is 1. The minimum absolute atomic E-state index is 0.176. The second-order valence-corrected chi connectivity index (χ2v) is 5.85. The van der Waals surface area contributed by atoms with Crippen LogP contribution in [0.15, 0.2) is 12.5 Å². The van der Waals surface area contributed by atoms with Crippen molar-refractivity contribution in [2.45, 2.75) is 44.2 Å². The zero-order chi connectivity index (χ0) is 15.0. The summed E-state index contributed by atoms with van der Waals surface area (Å²) in [5.74, 6) is -0.659. The summed E-state index contributed by atoms with van der Waals surface area (Å²) in [6.45, 7) is 5.28. The molecule has 0 saturated heterocycles. The van der Waals surface area contributed by atoms with Crippen molar-refractivity contribution in [1.29, 1.82) is 0 Å². The molecule has 0 aromatic carbocycles. The third-order valence-electron chi connectivity index (χ3n) is 3.13. The number of imidazole rings is 1. The van der Waals surface area contributed by atoms with Gasteiger partial charge in [-0.3, -0.25) is 0 Å². The number of H-pyrrole nitrogens is 1. The van der Waals surface area contributed by atoms with E-state index < -0.39 is 23.2 Å². The first-order valence-electron chi connectivity index (χ1n) is 6.36. The van der Waals surface area contributed by atoms with Gasteiger partial charge in [0.25, 0.3) is 0 Å². The molecule has 0 bridgehead atoms. The van der Waals surface area contributed by atoms with Crippen LogP contribution in [-0.4, -0.2) is 40.3 Å². The quantitative estimate of drug-likeness (QED) is 0.815. The van der Waals surface area contributed by atoms with E-state index in [1.807, 2.05) is 0 Å². The fourth-order valence-corrected chi connectivity index (χ4v) is 2.18. The van der Waals surface area contributed by atoms with Crippen molar-refractivity contribution in [3.05, 3.63) is 18.2 Å². The van der Waals surface area contributed by atoms with Crippen molar-refractivity contribution in [1.82, 2.24) is 15.3 Å². The molecular formula is C13H19N3O4. The minimum Gasteiger partial charge on any atom is -0.467 e. The molecule has 1 saturated carbocycles. The highest BCUT2D eigenvalue weighted by Crippen LogP contribution is 2.51. The molecule has 7 nitrogen and oxygen atoms in total. The molecule has 2 unspecified atom stereocenters. The predicted octanol–water partition coefficient (Wildman–Crippen LogP) is 1.33. The average Bonchev–Trinajstić information content (AvgIpc) is 2.82. The molecule has 0 radical (unpaired) electrons. The van der Waals surface area contributed by atoms with E-state index in [2.05, 4.69) is 15.3 Å². The maximum absolute atomic E-state index is 12.0. The summed E-state index contributed by atoms with van der Waals surface area (Å²) >= 11 is 0. The van der Waals surface area contributed by atoms with Gasteiger partial charge in [0, 0.05) is 17.8 Å². The zero-order valence-corrected chi connectivity index (χ0v) is 12.0. The van der Waals surface area contributed by atoms with Crippen LogP contribution in [-0.2, 0) is 14.3 Å². The Morgan fingerprint density at radius 1 is 1.50 bits per heavy atom. The number of aromatic amines is 1. The molecular weight excluding hydrogens is 262 g/mol. The Hall–Kier alpha value is -2.05. The van der Waals surface area contributed by atoms with Crippen molar-refractivity contribution >= 4 is 12.1 Å². The lowest BCUT2D eigenvalue weighted by atomic mass is 10.1. The summed E-state index contributed by atoms with van der Waals surface area (Å²) in [5.41, 5.74) is -0.907. The molecule has 1 aromatic heterocycles. The van der Waals surface area contributed by atoms with Crippen LogP contribution in [0.2, 0.25) is 0 Å². The Balaban J connectivity index is 2.11. The lowest BCUT2D eigenvalue weighted by molar-refractivity contribution is -0.144. The molecule has 1 aromatic rings. The van der Waals surface area contributed by atoms with Gasteiger partial charge in [-0.15, -0.1) is 0 Å². The van der Waals surface area contributed by atoms with Gasteiger partial charge in [-0.05, 0) is 27.2 Å². The van der Waals surface area contributed by atoms with Crippen LogP contribution in [0.1, 0.15) is 38.8 Å². The number of nitrogens with one attached hydrogen (secondary N) is 2. The van der Waals surface area contributed by atoms with Crippen LogP contribution >= 0.6 is 0 Å². The van der Waals surface area contributed by atoms with Crippen molar-refractivity contribution in [3.63, 3.8) is 0 Å². The highest BCUT2D eigenvalue weighted by atomic mass is 16.6. The number of carbonyl (C=O) groups is 2. The molecule has 2 N–H and O–H groups in total. The maximum atomic E-state index is 12.0. The lowest BCUT2D eigenvalue weighted by Crippen LogP contribution is -2.47. The number of carbonyl (C=O) groups excluding carboxylic acids is 2. The van der Waals surface area contributed by atoms with E-state index in [-0.39, 0.29) is 5.92 Å². The molecule has 2 rings (SSSR count). The molecule has 1 heterocycles. The molecule has 7 heteroatoms. The van der Waals surface area contributed by atoms with E-state index in [0.717, 1.165) is 5.69 Å². The van der Waals surface area contributed by atoms with Crippen LogP contribution in [0.3, 0.4) is 0 Å². The summed E-state index contributed by atoms with van der Waals surface area (Å²) in [5, 5.41) is 2.63. The molecule has 1 aliphatic carbocycles. The van der Waals surface area contributed by atoms with Gasteiger partial charge < -0.3 is 19.8 Å². The molecule has 110 valence electrons. The standard InChI is InChI=1S/C13H19N3O4/c1-12(2,3)20-11(18)16-13(10(17)19-4)5-8(13)9-6-14-7-15-9/h6-8H,5H2,1-4H3,(H,14,15)(H,16,18). The number of rotatable bonds is 3. The minimum atomic E-state index is -1.07. The first-order chi connectivity index (χ1) is 9.28. The third-order valence-corrected chi connectivity index (χ3v) is 3.13. The third kappa shape index (κ3) is 2.76. The molecule has 1 fully saturated rings. The average molecular weight is 281 g/mol. The molecule has 0 spiro atoms. The van der Waals surface area contributed by atoms with Crippen molar-refractivity contribution in [2.24, 2.45) is 0 Å². The van der Waals surface area contributed by atoms with Crippen LogP contribution in [0.25, 0.3) is 0 Å². The van der Waals surface area contributed by atoms with E-state index in [9.17, 15) is 9.59 Å². The smallest absolute Gasteiger partial charge is 0.408 e. The van der Waals surface area contributed by atoms with Gasteiger partial charge in [0.05, 0.1) is 13.4 Å². The fourth-order valence-electron chi connectivity index (χ4n) is 2.18. The largest absolute Gasteiger partial charge is 0.467 e. The number of aromatic nitrogens is 2. The van der Waals surface area contributed by atoms with E-state index in [0.29, 0.717) is 6.42 Å². The number of esters is 1. The topological polar surface area (TPSA) is 93.3 Å². The Morgan fingerprint density at radius 3 is 2.70 bits per heavy atom. The summed E-state index contributed by atoms with van der Waals surface area (Å²) in [6, 6.07) is 0. The molecule has 0 aliphatic heterocycles. The first kappa shape index (κ1) is 14.4. The normalized spacial score (nSPS) is 24.9. The Labute approximate surface area is 117 Å². The van der Waals surface area contributed by atoms with Crippen LogP contribution in [0.4, 0.5) is 4.79 Å². The summed E-state index contributed by atoms with van der Waals surface area (Å²) in [4.78, 5) is 30.7. The molecule has 20 heavy (non-hydrogen) atoms. The fraction of sp³-hybridized carbons (Fsp3) is 0.615. The summed E-state index contributed by atoms with van der Waals surface area (Å²) in [7, 11) is 1.29. The number of hydrogen-bond donors (Lipinski definition) is 2. The lowest BCUT2D eigenvalue weighted by Gasteiger charge is -2.23. The number of alkyl carbamates (subject to hydrolysis) is 1. The first-order valence-corrected chi connectivity index (χ1v) is 6.36. The number of nitrogens with zero attached hydrogens (tertiary/aromatic N) is 1. The second kappa shape index (κ2) is 4.81. The Bertz CT molecular complexity index is 506. The van der Waals surface area contributed by atoms with Gasteiger partial charge in [0.2, 0.25) is 0 Å². The SMILES string of the molecule is COC(=O)C1(NC(=O)OC(C)(C)C)CC1c1cnc[nH]1. The van der Waals surface area contributed by atoms with Gasteiger partial charge in [-0.2, -0.15) is 0 Å². The predicted molar refractivity (Wildman–Crippen MR) is 70.1 cm³/mol. The highest BCUT2D eigenvalue weighted by Gasteiger charge is 2.64. The van der Waals surface area contributed by atoms with Gasteiger partial charge in [-0.25, -0.2) is 14.6 Å². The number of amides is 1. The van der Waals surface area contributed by atoms with Gasteiger partial charge in [0.15, 0.2) is 0 Å². The second-order valence-electron chi connectivity index (χ2n) is 5.85. The number of ether oxygens (including phenoxy) is 2. The van der Waals surface area contributed by atoms with Crippen molar-refractivity contribution in [2.75, 3.05) is 7.11 Å². The van der Waals surface area contributed by atoms with E-state index in [1.54, 1.807) is 27.0 Å². The highest BCUT2D eigenvalue weighted by molar-refractivity contribution is 5.91. The van der Waals surface area contributed by atoms with Crippen molar-refractivity contribution < 1.29 is 19.1 Å². The van der Waals surface area contributed by atoms with Crippen LogP contribution < -0.4 is 5.32 Å². The Morgan fingerprint density at radius 2 is 2.20 bits per heavy atom. The van der Waals surface area contributed by atoms with E-state index >= 15 is 0 Å². The van der Waals surface area contributed by atoms with Crippen LogP contribution in [0.5, 0.6) is 0 Å². The maximum Gasteiger partial charge on any atom is 0.408 e. The van der Waals surface area contributed by atoms with Crippen LogP contribution in [0, 0.1) is 0 Å². The molecule has 1 aliphatic rings. The molecule has 2 atom stereocenters. The number of hydrogen-bond acceptors (Lipinski definition) is 5. The Kier molecular flexibility index (Phi) is 3.45. The van der Waals surface area contributed by atoms with Gasteiger partial charge >= 0.3 is 12.1 Å². The van der Waals surface area contributed by atoms with Gasteiger partial charge in [0.1, 0.15) is 11.1 Å². The summed E-state index contributed by atoms with van der Waals surface area (Å²) < 4.78 is 9.98. The van der Waals surface area contributed by atoms with Gasteiger partial charge in [-0.1, -0.05) is 0 Å². The van der Waals surface area contributed by atoms with E-state index in [1.165, 1.54) is 13.4 Å². The monoisotopic (exact) mass is 281 g/mol. The zero-order valence-electron chi connectivity index (χ0n) is 12.0. The molecule has 1 amide bonds. The van der Waals surface area contributed by atoms with E-state index in [4.69, 9.17) is 9.47 Å². The summed E-state index contributed by atoms with van der Waals surface area (Å²) in [6.07, 6.45) is 2.99.